The Hall–Kier alpha value is -5.70. The number of ether oxygens (including phenoxy) is 1. The molecule has 0 unspecified atom stereocenters. The molecule has 2 heterocycles. The molecule has 0 radical (unpaired) electrons. The van der Waals surface area contributed by atoms with Gasteiger partial charge in [0.2, 0.25) is 0 Å². The average molecular weight is 575 g/mol. The third-order valence-electron chi connectivity index (χ3n) is 7.34. The first-order chi connectivity index (χ1) is 20.8. The van der Waals surface area contributed by atoms with Crippen molar-refractivity contribution in [3.8, 4) is 17.1 Å². The molecule has 0 spiro atoms. The van der Waals surface area contributed by atoms with Crippen LogP contribution in [0.25, 0.3) is 11.4 Å². The summed E-state index contributed by atoms with van der Waals surface area (Å²) in [6.45, 7) is 3.56. The summed E-state index contributed by atoms with van der Waals surface area (Å²) >= 11 is 0. The van der Waals surface area contributed by atoms with Gasteiger partial charge in [-0.3, -0.25) is 19.8 Å². The van der Waals surface area contributed by atoms with Crippen LogP contribution in [0.4, 0.5) is 4.39 Å². The van der Waals surface area contributed by atoms with Crippen molar-refractivity contribution in [3.05, 3.63) is 169 Å². The summed E-state index contributed by atoms with van der Waals surface area (Å²) in [6, 6.07) is 30.4. The molecule has 8 nitrogen and oxygen atoms in total. The van der Waals surface area contributed by atoms with Crippen LogP contribution in [-0.2, 0) is 0 Å². The second-order valence-corrected chi connectivity index (χ2v) is 10.1. The monoisotopic (exact) mass is 574 g/mol. The van der Waals surface area contributed by atoms with E-state index in [-0.39, 0.29) is 22.4 Å². The SMILES string of the molecule is Cc1[nH]n(-c2ccccc2)c(=O)c1C(c1cccc(OC(=O)c2ccccc2F)c1)c1c(C)[nH]n(-c2ccccc2)c1=O. The van der Waals surface area contributed by atoms with Crippen LogP contribution in [0.15, 0.2) is 119 Å². The van der Waals surface area contributed by atoms with Gasteiger partial charge in [-0.2, -0.15) is 0 Å². The zero-order valence-corrected chi connectivity index (χ0v) is 23.4. The molecule has 0 saturated carbocycles. The minimum atomic E-state index is -0.861. The number of nitrogens with one attached hydrogen (secondary N) is 2. The number of carbonyl (C=O) groups excluding carboxylic acids is 1. The highest BCUT2D eigenvalue weighted by atomic mass is 19.1. The molecule has 0 aliphatic heterocycles. The topological polar surface area (TPSA) is 102 Å². The summed E-state index contributed by atoms with van der Waals surface area (Å²) in [6.07, 6.45) is 0. The van der Waals surface area contributed by atoms with Crippen molar-refractivity contribution < 1.29 is 13.9 Å². The molecular formula is C34H27FN4O4. The van der Waals surface area contributed by atoms with Crippen molar-refractivity contribution >= 4 is 5.97 Å². The van der Waals surface area contributed by atoms with E-state index in [9.17, 15) is 18.8 Å². The maximum Gasteiger partial charge on any atom is 0.346 e. The van der Waals surface area contributed by atoms with E-state index < -0.39 is 17.7 Å². The Labute approximate surface area is 245 Å². The van der Waals surface area contributed by atoms with E-state index in [0.717, 1.165) is 0 Å². The lowest BCUT2D eigenvalue weighted by molar-refractivity contribution is 0.0730. The Morgan fingerprint density at radius 2 is 1.21 bits per heavy atom. The van der Waals surface area contributed by atoms with E-state index in [1.807, 2.05) is 60.7 Å². The van der Waals surface area contributed by atoms with Crippen molar-refractivity contribution in [2.75, 3.05) is 0 Å². The smallest absolute Gasteiger partial charge is 0.346 e. The molecule has 9 heteroatoms. The minimum absolute atomic E-state index is 0.143. The summed E-state index contributed by atoms with van der Waals surface area (Å²) in [7, 11) is 0. The van der Waals surface area contributed by atoms with Gasteiger partial charge in [-0.05, 0) is 67.9 Å². The Morgan fingerprint density at radius 3 is 1.74 bits per heavy atom. The van der Waals surface area contributed by atoms with Gasteiger partial charge in [0.15, 0.2) is 0 Å². The Balaban J connectivity index is 1.52. The van der Waals surface area contributed by atoms with Crippen LogP contribution in [-0.4, -0.2) is 25.5 Å². The summed E-state index contributed by atoms with van der Waals surface area (Å²) in [5.41, 5.74) is 2.82. The molecule has 43 heavy (non-hydrogen) atoms. The van der Waals surface area contributed by atoms with Crippen molar-refractivity contribution in [1.29, 1.82) is 0 Å². The number of aryl methyl sites for hydroxylation is 2. The highest BCUT2D eigenvalue weighted by Gasteiger charge is 2.31. The quantitative estimate of drug-likeness (QED) is 0.186. The molecule has 6 rings (SSSR count). The minimum Gasteiger partial charge on any atom is -0.423 e. The fourth-order valence-electron chi connectivity index (χ4n) is 5.34. The van der Waals surface area contributed by atoms with Gasteiger partial charge in [0.1, 0.15) is 11.6 Å². The number of aromatic amines is 2. The molecule has 0 amide bonds. The largest absolute Gasteiger partial charge is 0.423 e. The lowest BCUT2D eigenvalue weighted by Crippen LogP contribution is -2.25. The fraction of sp³-hybridized carbons (Fsp3) is 0.0882. The second kappa shape index (κ2) is 11.3. The second-order valence-electron chi connectivity index (χ2n) is 10.1. The summed E-state index contributed by atoms with van der Waals surface area (Å²) < 4.78 is 22.7. The van der Waals surface area contributed by atoms with Gasteiger partial charge in [-0.1, -0.05) is 60.7 Å². The summed E-state index contributed by atoms with van der Waals surface area (Å²) in [5.74, 6) is -2.26. The number of nitrogens with zero attached hydrogens (tertiary/aromatic N) is 2. The molecule has 0 saturated heterocycles. The molecule has 0 bridgehead atoms. The van der Waals surface area contributed by atoms with Crippen LogP contribution in [0.3, 0.4) is 0 Å². The number of carbonyl (C=O) groups is 1. The van der Waals surface area contributed by atoms with Crippen molar-refractivity contribution in [1.82, 2.24) is 19.6 Å². The standard InChI is InChI=1S/C34H27FN4O4/c1-21-29(32(40)38(36-21)24-13-5-3-6-14-24)31(30-22(2)37-39(33(30)41)25-15-7-4-8-16-25)23-12-11-17-26(20-23)43-34(42)27-18-9-10-19-28(27)35/h3-20,31,36-37H,1-2H3. The van der Waals surface area contributed by atoms with E-state index in [1.165, 1.54) is 27.6 Å². The molecule has 0 aliphatic carbocycles. The lowest BCUT2D eigenvalue weighted by Gasteiger charge is -2.17. The van der Waals surface area contributed by atoms with E-state index in [1.54, 1.807) is 44.2 Å². The Kier molecular flexibility index (Phi) is 7.21. The zero-order valence-electron chi connectivity index (χ0n) is 23.4. The molecule has 0 fully saturated rings. The predicted molar refractivity (Wildman–Crippen MR) is 161 cm³/mol. The summed E-state index contributed by atoms with van der Waals surface area (Å²) in [5, 5.41) is 6.32. The predicted octanol–water partition coefficient (Wildman–Crippen LogP) is 5.80. The molecule has 2 aromatic heterocycles. The van der Waals surface area contributed by atoms with E-state index in [0.29, 0.717) is 39.5 Å². The molecule has 6 aromatic rings. The number of hydrogen-bond donors (Lipinski definition) is 2. The van der Waals surface area contributed by atoms with Gasteiger partial charge in [0, 0.05) is 17.3 Å². The highest BCUT2D eigenvalue weighted by molar-refractivity contribution is 5.91. The number of para-hydroxylation sites is 2. The maximum atomic E-state index is 14.3. The maximum absolute atomic E-state index is 14.3. The van der Waals surface area contributed by atoms with Crippen LogP contribution < -0.4 is 15.9 Å². The van der Waals surface area contributed by atoms with Crippen LogP contribution in [0, 0.1) is 19.7 Å². The Morgan fingerprint density at radius 1 is 0.698 bits per heavy atom. The van der Waals surface area contributed by atoms with Crippen molar-refractivity contribution in [2.24, 2.45) is 0 Å². The molecule has 4 aromatic carbocycles. The molecular weight excluding hydrogens is 547 g/mol. The number of H-pyrrole nitrogens is 2. The first-order valence-electron chi connectivity index (χ1n) is 13.6. The molecule has 2 N–H and O–H groups in total. The van der Waals surface area contributed by atoms with Crippen LogP contribution in [0.1, 0.15) is 44.4 Å². The van der Waals surface area contributed by atoms with Gasteiger partial charge in [0.25, 0.3) is 11.1 Å². The van der Waals surface area contributed by atoms with Crippen molar-refractivity contribution in [3.63, 3.8) is 0 Å². The van der Waals surface area contributed by atoms with Crippen molar-refractivity contribution in [2.45, 2.75) is 19.8 Å². The average Bonchev–Trinajstić information content (AvgIpc) is 3.48. The normalized spacial score (nSPS) is 11.2. The van der Waals surface area contributed by atoms with Crippen LogP contribution in [0.5, 0.6) is 5.75 Å². The molecule has 214 valence electrons. The lowest BCUT2D eigenvalue weighted by atomic mass is 9.85. The third-order valence-corrected chi connectivity index (χ3v) is 7.34. The van der Waals surface area contributed by atoms with Gasteiger partial charge < -0.3 is 4.74 Å². The van der Waals surface area contributed by atoms with Crippen LogP contribution in [0.2, 0.25) is 0 Å². The first-order valence-corrected chi connectivity index (χ1v) is 13.6. The number of aromatic nitrogens is 4. The Bertz CT molecular complexity index is 1960. The number of benzene rings is 4. The summed E-state index contributed by atoms with van der Waals surface area (Å²) in [4.78, 5) is 40.9. The number of rotatable bonds is 7. The van der Waals surface area contributed by atoms with E-state index in [2.05, 4.69) is 10.2 Å². The first kappa shape index (κ1) is 27.5. The third kappa shape index (κ3) is 5.12. The number of esters is 1. The number of hydrogen-bond acceptors (Lipinski definition) is 4. The number of halogens is 1. The van der Waals surface area contributed by atoms with E-state index in [4.69, 9.17) is 4.74 Å². The fourth-order valence-corrected chi connectivity index (χ4v) is 5.34. The highest BCUT2D eigenvalue weighted by Crippen LogP contribution is 2.34. The van der Waals surface area contributed by atoms with E-state index >= 15 is 0 Å². The van der Waals surface area contributed by atoms with Gasteiger partial charge in [0.05, 0.1) is 28.1 Å². The molecule has 0 aliphatic rings. The molecule has 0 atom stereocenters. The van der Waals surface area contributed by atoms with Gasteiger partial charge in [-0.25, -0.2) is 18.5 Å². The van der Waals surface area contributed by atoms with Crippen LogP contribution >= 0.6 is 0 Å². The zero-order chi connectivity index (χ0) is 30.1. The van der Waals surface area contributed by atoms with Gasteiger partial charge >= 0.3 is 5.97 Å². The van der Waals surface area contributed by atoms with Gasteiger partial charge in [-0.15, -0.1) is 0 Å².